The number of hydrogen-bond donors (Lipinski definition) is 0. The van der Waals surface area contributed by atoms with E-state index in [0.717, 1.165) is 17.8 Å². The molecule has 1 aliphatic heterocycles. The van der Waals surface area contributed by atoms with Gasteiger partial charge in [0.25, 0.3) is 5.91 Å². The average Bonchev–Trinajstić information content (AvgIpc) is 3.33. The Labute approximate surface area is 230 Å². The number of aromatic nitrogens is 3. The Morgan fingerprint density at radius 2 is 1.73 bits per heavy atom. The molecule has 1 atom stereocenters. The number of rotatable bonds is 5. The highest BCUT2D eigenvalue weighted by Gasteiger charge is 2.41. The highest BCUT2D eigenvalue weighted by atomic mass is 19.4. The van der Waals surface area contributed by atoms with Crippen molar-refractivity contribution in [1.82, 2.24) is 24.4 Å². The molecular formula is C28H24F7N5O. The summed E-state index contributed by atoms with van der Waals surface area (Å²) in [5, 5.41) is 3.67. The van der Waals surface area contributed by atoms with Gasteiger partial charge < -0.3 is 4.90 Å². The molecule has 1 aliphatic rings. The number of hydrogen-bond acceptors (Lipinski definition) is 4. The van der Waals surface area contributed by atoms with Crippen molar-refractivity contribution in [3.63, 3.8) is 0 Å². The number of fused-ring (bicyclic) bond motifs is 1. The summed E-state index contributed by atoms with van der Waals surface area (Å²) in [5.74, 6) is -5.67. The first-order valence-corrected chi connectivity index (χ1v) is 12.8. The maximum atomic E-state index is 15.3. The van der Waals surface area contributed by atoms with Gasteiger partial charge in [0.1, 0.15) is 17.1 Å². The van der Waals surface area contributed by atoms with E-state index >= 15 is 4.39 Å². The van der Waals surface area contributed by atoms with Crippen LogP contribution in [-0.4, -0.2) is 56.0 Å². The molecule has 4 aromatic rings. The van der Waals surface area contributed by atoms with Crippen LogP contribution in [0.15, 0.2) is 42.6 Å². The van der Waals surface area contributed by atoms with Gasteiger partial charge in [-0.05, 0) is 25.0 Å². The summed E-state index contributed by atoms with van der Waals surface area (Å²) >= 11 is 0. The average molecular weight is 580 g/mol. The molecule has 1 fully saturated rings. The zero-order valence-electron chi connectivity index (χ0n) is 21.9. The summed E-state index contributed by atoms with van der Waals surface area (Å²) < 4.78 is 99.0. The first-order chi connectivity index (χ1) is 19.4. The van der Waals surface area contributed by atoms with Crippen molar-refractivity contribution in [1.29, 1.82) is 0 Å². The van der Waals surface area contributed by atoms with Crippen LogP contribution in [0.4, 0.5) is 30.7 Å². The number of nitrogens with zero attached hydrogens (tertiary/aromatic N) is 5. The van der Waals surface area contributed by atoms with E-state index in [2.05, 4.69) is 10.1 Å². The Hall–Kier alpha value is -4.00. The minimum atomic E-state index is -5.14. The van der Waals surface area contributed by atoms with Gasteiger partial charge in [-0.3, -0.25) is 9.69 Å². The number of amides is 1. The van der Waals surface area contributed by atoms with Gasteiger partial charge in [0.15, 0.2) is 28.8 Å². The number of halogens is 7. The molecule has 0 N–H and O–H groups in total. The number of alkyl halides is 3. The maximum Gasteiger partial charge on any atom is 0.436 e. The van der Waals surface area contributed by atoms with Gasteiger partial charge in [0, 0.05) is 49.4 Å². The van der Waals surface area contributed by atoms with E-state index in [1.807, 2.05) is 6.92 Å². The minimum Gasteiger partial charge on any atom is -0.333 e. The molecule has 0 spiro atoms. The lowest BCUT2D eigenvalue weighted by Crippen LogP contribution is -2.53. The zero-order valence-corrected chi connectivity index (χ0v) is 21.9. The first-order valence-electron chi connectivity index (χ1n) is 12.8. The third-order valence-electron chi connectivity index (χ3n) is 7.16. The van der Waals surface area contributed by atoms with Gasteiger partial charge in [0.05, 0.1) is 6.20 Å². The quantitative estimate of drug-likeness (QED) is 0.219. The summed E-state index contributed by atoms with van der Waals surface area (Å²) in [6, 6.07) is 7.07. The lowest BCUT2D eigenvalue weighted by Gasteiger charge is -2.39. The molecule has 0 unspecified atom stereocenters. The summed E-state index contributed by atoms with van der Waals surface area (Å²) in [6.45, 7) is 3.92. The zero-order chi connectivity index (χ0) is 29.6. The van der Waals surface area contributed by atoms with E-state index in [9.17, 15) is 31.1 Å². The summed E-state index contributed by atoms with van der Waals surface area (Å²) in [4.78, 5) is 20.8. The van der Waals surface area contributed by atoms with E-state index in [-0.39, 0.29) is 47.4 Å². The number of aryl methyl sites for hydroxylation is 1. The standard InChI is InChI=1S/C28H24F7N5O/c1-3-16-4-6-17(7-5-16)24-23(32)25(28(33,34)35)40-26(37-24)20(12-36-40)27(41)39-9-8-38(13-15(39)2)14-18-10-19(29)11-21(30)22(18)31/h4-7,10-12,15H,3,8-9,13-14H2,1-2H3/t15-/m1/s1. The van der Waals surface area contributed by atoms with Crippen LogP contribution in [0.3, 0.4) is 0 Å². The molecule has 0 saturated carbocycles. The van der Waals surface area contributed by atoms with Gasteiger partial charge >= 0.3 is 6.18 Å². The molecule has 216 valence electrons. The fourth-order valence-corrected chi connectivity index (χ4v) is 5.06. The van der Waals surface area contributed by atoms with Crippen LogP contribution in [-0.2, 0) is 19.1 Å². The van der Waals surface area contributed by atoms with Crippen molar-refractivity contribution >= 4 is 11.6 Å². The van der Waals surface area contributed by atoms with Gasteiger partial charge in [-0.1, -0.05) is 31.2 Å². The second kappa shape index (κ2) is 10.8. The van der Waals surface area contributed by atoms with Crippen LogP contribution in [0.5, 0.6) is 0 Å². The highest BCUT2D eigenvalue weighted by molar-refractivity contribution is 6.00. The van der Waals surface area contributed by atoms with Crippen LogP contribution in [0, 0.1) is 23.3 Å². The Bertz CT molecular complexity index is 1620. The predicted molar refractivity (Wildman–Crippen MR) is 135 cm³/mol. The van der Waals surface area contributed by atoms with Crippen molar-refractivity contribution < 1.29 is 35.5 Å². The normalized spacial score (nSPS) is 16.5. The molecule has 0 radical (unpaired) electrons. The van der Waals surface area contributed by atoms with Crippen LogP contribution in [0.2, 0.25) is 0 Å². The molecule has 1 saturated heterocycles. The largest absolute Gasteiger partial charge is 0.436 e. The van der Waals surface area contributed by atoms with Gasteiger partial charge in [0.2, 0.25) is 0 Å². The van der Waals surface area contributed by atoms with Crippen LogP contribution < -0.4 is 0 Å². The molecule has 6 nitrogen and oxygen atoms in total. The number of piperazine rings is 1. The molecule has 3 heterocycles. The van der Waals surface area contributed by atoms with Gasteiger partial charge in [-0.2, -0.15) is 18.3 Å². The Morgan fingerprint density at radius 1 is 1.02 bits per heavy atom. The fourth-order valence-electron chi connectivity index (χ4n) is 5.06. The van der Waals surface area contributed by atoms with Gasteiger partial charge in [-0.15, -0.1) is 0 Å². The second-order valence-corrected chi connectivity index (χ2v) is 9.91. The molecule has 13 heteroatoms. The van der Waals surface area contributed by atoms with Gasteiger partial charge in [-0.25, -0.2) is 27.1 Å². The third kappa shape index (κ3) is 5.37. The first kappa shape index (κ1) is 28.5. The summed E-state index contributed by atoms with van der Waals surface area (Å²) in [7, 11) is 0. The lowest BCUT2D eigenvalue weighted by atomic mass is 10.1. The SMILES string of the molecule is CCc1ccc(-c2nc3c(C(=O)N4CCN(Cc5cc(F)cc(F)c5F)C[C@H]4C)cnn3c(C(F)(F)F)c2F)cc1. The van der Waals surface area contributed by atoms with Crippen molar-refractivity contribution in [2.24, 2.45) is 0 Å². The van der Waals surface area contributed by atoms with Crippen molar-refractivity contribution in [3.8, 4) is 11.3 Å². The van der Waals surface area contributed by atoms with Crippen LogP contribution in [0.1, 0.15) is 41.0 Å². The molecule has 1 amide bonds. The fraction of sp³-hybridized carbons (Fsp3) is 0.321. The van der Waals surface area contributed by atoms with E-state index in [4.69, 9.17) is 0 Å². The van der Waals surface area contributed by atoms with Crippen molar-refractivity contribution in [2.75, 3.05) is 19.6 Å². The second-order valence-electron chi connectivity index (χ2n) is 9.91. The monoisotopic (exact) mass is 579 g/mol. The Morgan fingerprint density at radius 3 is 2.37 bits per heavy atom. The van der Waals surface area contributed by atoms with E-state index in [0.29, 0.717) is 12.5 Å². The maximum absolute atomic E-state index is 15.3. The van der Waals surface area contributed by atoms with Crippen molar-refractivity contribution in [3.05, 3.63) is 88.2 Å². The molecular weight excluding hydrogens is 555 g/mol. The van der Waals surface area contributed by atoms with E-state index in [1.54, 1.807) is 24.0 Å². The number of carbonyl (C=O) groups is 1. The molecule has 2 aromatic heterocycles. The third-order valence-corrected chi connectivity index (χ3v) is 7.16. The minimum absolute atomic E-state index is 0.0788. The van der Waals surface area contributed by atoms with E-state index < -0.39 is 58.4 Å². The van der Waals surface area contributed by atoms with Crippen LogP contribution >= 0.6 is 0 Å². The predicted octanol–water partition coefficient (Wildman–Crippen LogP) is 5.88. The molecule has 0 bridgehead atoms. The lowest BCUT2D eigenvalue weighted by molar-refractivity contribution is -0.145. The molecule has 2 aromatic carbocycles. The molecule has 5 rings (SSSR count). The molecule has 0 aliphatic carbocycles. The number of benzene rings is 2. The number of carbonyl (C=O) groups excluding carboxylic acids is 1. The van der Waals surface area contributed by atoms with E-state index in [1.165, 1.54) is 17.0 Å². The van der Waals surface area contributed by atoms with Crippen molar-refractivity contribution in [2.45, 2.75) is 39.0 Å². The topological polar surface area (TPSA) is 53.7 Å². The molecule has 41 heavy (non-hydrogen) atoms. The smallest absolute Gasteiger partial charge is 0.333 e. The summed E-state index contributed by atoms with van der Waals surface area (Å²) in [5.41, 5.74) is -2.13. The Kier molecular flexibility index (Phi) is 7.49. The van der Waals surface area contributed by atoms with Crippen LogP contribution in [0.25, 0.3) is 16.9 Å². The Balaban J connectivity index is 1.46. The highest BCUT2D eigenvalue weighted by Crippen LogP contribution is 2.36. The summed E-state index contributed by atoms with van der Waals surface area (Å²) in [6.07, 6.45) is -3.54.